The van der Waals surface area contributed by atoms with Crippen LogP contribution in [0.5, 0.6) is 11.5 Å². The van der Waals surface area contributed by atoms with E-state index >= 15 is 0 Å². The van der Waals surface area contributed by atoms with Gasteiger partial charge in [0, 0.05) is 5.02 Å². The van der Waals surface area contributed by atoms with E-state index in [1.54, 1.807) is 26.0 Å². The molecule has 0 atom stereocenters. The summed E-state index contributed by atoms with van der Waals surface area (Å²) in [7, 11) is 0. The van der Waals surface area contributed by atoms with Crippen LogP contribution < -0.4 is 4.74 Å². The molecule has 0 aliphatic rings. The lowest BCUT2D eigenvalue weighted by molar-refractivity contribution is 0.0693. The van der Waals surface area contributed by atoms with E-state index in [1.165, 1.54) is 6.07 Å². The minimum absolute atomic E-state index is 0.0902. The van der Waals surface area contributed by atoms with E-state index in [0.717, 1.165) is 23.3 Å². The van der Waals surface area contributed by atoms with Crippen LogP contribution in [0.4, 0.5) is 4.39 Å². The highest BCUT2D eigenvalue weighted by Gasteiger charge is 2.15. The number of carboxylic acids is 1. The summed E-state index contributed by atoms with van der Waals surface area (Å²) in [5, 5.41) is 9.66. The number of halogens is 2. The Labute approximate surface area is 120 Å². The number of rotatable bonds is 3. The molecule has 20 heavy (non-hydrogen) atoms. The van der Waals surface area contributed by atoms with E-state index in [0.29, 0.717) is 10.8 Å². The van der Waals surface area contributed by atoms with E-state index in [9.17, 15) is 9.18 Å². The van der Waals surface area contributed by atoms with Crippen LogP contribution >= 0.6 is 11.6 Å². The minimum Gasteiger partial charge on any atom is -0.478 e. The molecule has 0 aliphatic heterocycles. The van der Waals surface area contributed by atoms with Gasteiger partial charge < -0.3 is 9.84 Å². The molecule has 0 spiro atoms. The maximum atomic E-state index is 13.1. The fraction of sp³-hybridized carbons (Fsp3) is 0.133. The van der Waals surface area contributed by atoms with Crippen LogP contribution in [0.25, 0.3) is 0 Å². The molecule has 104 valence electrons. The van der Waals surface area contributed by atoms with Crippen LogP contribution in [0.2, 0.25) is 5.02 Å². The van der Waals surface area contributed by atoms with E-state index in [1.807, 2.05) is 0 Å². The van der Waals surface area contributed by atoms with Gasteiger partial charge in [0.2, 0.25) is 0 Å². The predicted octanol–water partition coefficient (Wildman–Crippen LogP) is 4.59. The first kappa shape index (κ1) is 14.3. The number of hydrogen-bond acceptors (Lipinski definition) is 2. The molecule has 0 unspecified atom stereocenters. The highest BCUT2D eigenvalue weighted by atomic mass is 35.5. The first-order chi connectivity index (χ1) is 9.38. The van der Waals surface area contributed by atoms with Crippen molar-refractivity contribution in [1.82, 2.24) is 0 Å². The molecule has 0 saturated heterocycles. The van der Waals surface area contributed by atoms with Crippen molar-refractivity contribution in [2.24, 2.45) is 0 Å². The largest absolute Gasteiger partial charge is 0.478 e. The molecule has 0 saturated carbocycles. The van der Waals surface area contributed by atoms with Crippen LogP contribution in [-0.4, -0.2) is 11.1 Å². The first-order valence-electron chi connectivity index (χ1n) is 5.86. The van der Waals surface area contributed by atoms with Crippen molar-refractivity contribution < 1.29 is 19.0 Å². The minimum atomic E-state index is -1.25. The van der Waals surface area contributed by atoms with Crippen molar-refractivity contribution in [3.8, 4) is 11.5 Å². The number of aryl methyl sites for hydroxylation is 2. The lowest BCUT2D eigenvalue weighted by atomic mass is 10.1. The zero-order valence-corrected chi connectivity index (χ0v) is 11.7. The molecule has 0 aliphatic carbocycles. The number of ether oxygens (including phenoxy) is 1. The lowest BCUT2D eigenvalue weighted by Crippen LogP contribution is -2.02. The SMILES string of the molecule is Cc1cc(Cl)cc(C)c1Oc1ccc(F)cc1C(=O)O. The topological polar surface area (TPSA) is 46.5 Å². The number of hydrogen-bond donors (Lipinski definition) is 1. The molecule has 0 radical (unpaired) electrons. The van der Waals surface area contributed by atoms with E-state index < -0.39 is 11.8 Å². The maximum Gasteiger partial charge on any atom is 0.339 e. The Balaban J connectivity index is 2.48. The molecule has 0 bridgehead atoms. The van der Waals surface area contributed by atoms with Gasteiger partial charge in [0.05, 0.1) is 0 Å². The third-order valence-electron chi connectivity index (χ3n) is 2.81. The molecular formula is C15H12ClFO3. The van der Waals surface area contributed by atoms with Gasteiger partial charge in [-0.25, -0.2) is 9.18 Å². The highest BCUT2D eigenvalue weighted by molar-refractivity contribution is 6.30. The average molecular weight is 295 g/mol. The first-order valence-corrected chi connectivity index (χ1v) is 6.23. The Kier molecular flexibility index (Phi) is 3.95. The second-order valence-corrected chi connectivity index (χ2v) is 4.85. The fourth-order valence-electron chi connectivity index (χ4n) is 1.93. The number of benzene rings is 2. The van der Waals surface area contributed by atoms with Gasteiger partial charge in [-0.05, 0) is 55.3 Å². The predicted molar refractivity (Wildman–Crippen MR) is 74.4 cm³/mol. The van der Waals surface area contributed by atoms with E-state index in [-0.39, 0.29) is 11.3 Å². The third kappa shape index (κ3) is 2.91. The van der Waals surface area contributed by atoms with E-state index in [4.69, 9.17) is 21.4 Å². The van der Waals surface area contributed by atoms with Gasteiger partial charge in [-0.2, -0.15) is 0 Å². The summed E-state index contributed by atoms with van der Waals surface area (Å²) in [6.45, 7) is 3.61. The van der Waals surface area contributed by atoms with Gasteiger partial charge in [0.15, 0.2) is 0 Å². The van der Waals surface area contributed by atoms with E-state index in [2.05, 4.69) is 0 Å². The molecule has 2 aromatic carbocycles. The number of carbonyl (C=O) groups is 1. The zero-order chi connectivity index (χ0) is 14.9. The summed E-state index contributed by atoms with van der Waals surface area (Å²) in [6, 6.07) is 6.81. The summed E-state index contributed by atoms with van der Waals surface area (Å²) >= 11 is 5.93. The molecule has 5 heteroatoms. The van der Waals surface area contributed by atoms with Gasteiger partial charge >= 0.3 is 5.97 Å². The smallest absolute Gasteiger partial charge is 0.339 e. The van der Waals surface area contributed by atoms with Crippen molar-refractivity contribution in [2.45, 2.75) is 13.8 Å². The number of carboxylic acid groups (broad SMARTS) is 1. The monoisotopic (exact) mass is 294 g/mol. The molecule has 0 aromatic heterocycles. The highest BCUT2D eigenvalue weighted by Crippen LogP contribution is 2.33. The Hall–Kier alpha value is -2.07. The quantitative estimate of drug-likeness (QED) is 0.901. The summed E-state index contributed by atoms with van der Waals surface area (Å²) in [6.07, 6.45) is 0. The van der Waals surface area contributed by atoms with Gasteiger partial charge in [-0.3, -0.25) is 0 Å². The van der Waals surface area contributed by atoms with Crippen LogP contribution in [0, 0.1) is 19.7 Å². The molecule has 0 heterocycles. The van der Waals surface area contributed by atoms with Crippen molar-refractivity contribution in [2.75, 3.05) is 0 Å². The summed E-state index contributed by atoms with van der Waals surface area (Å²) in [5.74, 6) is -1.26. The molecular weight excluding hydrogens is 283 g/mol. The summed E-state index contributed by atoms with van der Waals surface area (Å²) in [4.78, 5) is 11.1. The molecule has 0 amide bonds. The molecule has 2 aromatic rings. The van der Waals surface area contributed by atoms with Crippen molar-refractivity contribution in [3.05, 3.63) is 57.9 Å². The normalized spacial score (nSPS) is 10.4. The molecule has 2 rings (SSSR count). The molecule has 0 fully saturated rings. The molecule has 1 N–H and O–H groups in total. The van der Waals surface area contributed by atoms with Crippen molar-refractivity contribution in [1.29, 1.82) is 0 Å². The standard InChI is InChI=1S/C15H12ClFO3/c1-8-5-10(16)6-9(2)14(8)20-13-4-3-11(17)7-12(13)15(18)19/h3-7H,1-2H3,(H,18,19). The van der Waals surface area contributed by atoms with Gasteiger partial charge in [-0.1, -0.05) is 11.6 Å². The molecule has 3 nitrogen and oxygen atoms in total. The van der Waals surface area contributed by atoms with Crippen LogP contribution in [0.15, 0.2) is 30.3 Å². The van der Waals surface area contributed by atoms with Crippen LogP contribution in [0.1, 0.15) is 21.5 Å². The second-order valence-electron chi connectivity index (χ2n) is 4.42. The Morgan fingerprint density at radius 2 is 1.80 bits per heavy atom. The van der Waals surface area contributed by atoms with Gasteiger partial charge in [-0.15, -0.1) is 0 Å². The average Bonchev–Trinajstić information content (AvgIpc) is 2.34. The van der Waals surface area contributed by atoms with Crippen molar-refractivity contribution in [3.63, 3.8) is 0 Å². The summed E-state index contributed by atoms with van der Waals surface area (Å²) in [5.41, 5.74) is 1.32. The lowest BCUT2D eigenvalue weighted by Gasteiger charge is -2.14. The van der Waals surface area contributed by atoms with Gasteiger partial charge in [0.25, 0.3) is 0 Å². The number of aromatic carboxylic acids is 1. The zero-order valence-electron chi connectivity index (χ0n) is 10.9. The van der Waals surface area contributed by atoms with Gasteiger partial charge in [0.1, 0.15) is 22.9 Å². The third-order valence-corrected chi connectivity index (χ3v) is 3.03. The van der Waals surface area contributed by atoms with Crippen LogP contribution in [0.3, 0.4) is 0 Å². The Morgan fingerprint density at radius 3 is 2.35 bits per heavy atom. The maximum absolute atomic E-state index is 13.1. The summed E-state index contributed by atoms with van der Waals surface area (Å²) < 4.78 is 18.8. The second kappa shape index (κ2) is 5.51. The fourth-order valence-corrected chi connectivity index (χ4v) is 2.25. The van der Waals surface area contributed by atoms with Crippen LogP contribution in [-0.2, 0) is 0 Å². The van der Waals surface area contributed by atoms with Crippen molar-refractivity contribution >= 4 is 17.6 Å². The Morgan fingerprint density at radius 1 is 1.20 bits per heavy atom. The Bertz CT molecular complexity index is 660.